The number of unbranched alkanes of at least 4 members (excludes halogenated alkanes) is 2. The zero-order valence-electron chi connectivity index (χ0n) is 19.7. The number of carbonyl (C=O) groups excluding carboxylic acids is 2. The summed E-state index contributed by atoms with van der Waals surface area (Å²) in [5.74, 6) is 0.624. The first-order chi connectivity index (χ1) is 15.2. The Kier molecular flexibility index (Phi) is 7.44. The van der Waals surface area contributed by atoms with Crippen LogP contribution in [0.4, 0.5) is 4.79 Å². The van der Waals surface area contributed by atoms with E-state index in [-0.39, 0.29) is 13.2 Å². The maximum atomic E-state index is 12.5. The second kappa shape index (κ2) is 10.1. The summed E-state index contributed by atoms with van der Waals surface area (Å²) in [7, 11) is 0. The molecular formula is C26H33NO5. The van der Waals surface area contributed by atoms with Gasteiger partial charge in [-0.15, -0.1) is 0 Å². The number of fused-ring (bicyclic) bond motifs is 3. The van der Waals surface area contributed by atoms with Crippen LogP contribution >= 0.6 is 0 Å². The van der Waals surface area contributed by atoms with E-state index in [0.29, 0.717) is 11.5 Å². The van der Waals surface area contributed by atoms with E-state index in [1.165, 1.54) is 0 Å². The van der Waals surface area contributed by atoms with Crippen molar-refractivity contribution in [3.63, 3.8) is 0 Å². The van der Waals surface area contributed by atoms with Gasteiger partial charge >= 0.3 is 12.1 Å². The first-order valence-corrected chi connectivity index (χ1v) is 11.3. The Morgan fingerprint density at radius 3 is 2.59 bits per heavy atom. The molecule has 172 valence electrons. The maximum absolute atomic E-state index is 12.5. The highest BCUT2D eigenvalue weighted by molar-refractivity contribution is 5.86. The molecule has 32 heavy (non-hydrogen) atoms. The molecule has 1 aliphatic rings. The van der Waals surface area contributed by atoms with Gasteiger partial charge in [0.2, 0.25) is 0 Å². The number of esters is 1. The van der Waals surface area contributed by atoms with Crippen LogP contribution in [0.15, 0.2) is 30.3 Å². The van der Waals surface area contributed by atoms with Crippen molar-refractivity contribution in [2.45, 2.75) is 65.9 Å². The number of hydrogen-bond acceptors (Lipinski definition) is 5. The molecular weight excluding hydrogens is 406 g/mol. The van der Waals surface area contributed by atoms with E-state index < -0.39 is 17.7 Å². The van der Waals surface area contributed by atoms with E-state index in [1.54, 1.807) is 6.92 Å². The quantitative estimate of drug-likeness (QED) is 0.423. The number of hydrogen-bond donors (Lipinski definition) is 1. The van der Waals surface area contributed by atoms with Crippen molar-refractivity contribution in [2.75, 3.05) is 13.2 Å². The highest BCUT2D eigenvalue weighted by atomic mass is 16.6. The van der Waals surface area contributed by atoms with Crippen LogP contribution in [0.1, 0.15) is 63.6 Å². The summed E-state index contributed by atoms with van der Waals surface area (Å²) in [5.41, 5.74) is 4.43. The van der Waals surface area contributed by atoms with Crippen molar-refractivity contribution in [1.29, 1.82) is 0 Å². The van der Waals surface area contributed by atoms with Crippen molar-refractivity contribution >= 4 is 12.1 Å². The van der Waals surface area contributed by atoms with Gasteiger partial charge < -0.3 is 19.5 Å². The molecule has 1 N–H and O–H groups in total. The summed E-state index contributed by atoms with van der Waals surface area (Å²) in [6.45, 7) is 10.0. The second-order valence-electron chi connectivity index (χ2n) is 8.63. The van der Waals surface area contributed by atoms with Crippen molar-refractivity contribution in [1.82, 2.24) is 5.32 Å². The molecule has 6 nitrogen and oxygen atoms in total. The molecule has 1 amide bonds. The summed E-state index contributed by atoms with van der Waals surface area (Å²) in [4.78, 5) is 24.1. The van der Waals surface area contributed by atoms with Gasteiger partial charge in [-0.05, 0) is 63.8 Å². The Balaban J connectivity index is 1.99. The molecule has 0 aliphatic carbocycles. The smallest absolute Gasteiger partial charge is 0.413 e. The highest BCUT2D eigenvalue weighted by Crippen LogP contribution is 2.50. The third kappa shape index (κ3) is 5.42. The lowest BCUT2D eigenvalue weighted by molar-refractivity contribution is -0.141. The lowest BCUT2D eigenvalue weighted by atomic mass is 9.84. The monoisotopic (exact) mass is 439 g/mol. The lowest BCUT2D eigenvalue weighted by Gasteiger charge is -2.36. The summed E-state index contributed by atoms with van der Waals surface area (Å²) >= 11 is 0. The molecule has 2 aromatic rings. The number of ether oxygens (including phenoxy) is 3. The van der Waals surface area contributed by atoms with Crippen LogP contribution in [0, 0.1) is 6.92 Å². The molecule has 0 unspecified atom stereocenters. The average Bonchev–Trinajstić information content (AvgIpc) is 2.71. The van der Waals surface area contributed by atoms with Gasteiger partial charge in [0.05, 0.1) is 12.2 Å². The van der Waals surface area contributed by atoms with Crippen LogP contribution in [-0.4, -0.2) is 25.2 Å². The van der Waals surface area contributed by atoms with Gasteiger partial charge in [-0.25, -0.2) is 4.79 Å². The number of aryl methyl sites for hydroxylation is 2. The third-order valence-electron chi connectivity index (χ3n) is 5.54. The molecule has 3 rings (SSSR count). The largest absolute Gasteiger partial charge is 0.482 e. The SMILES string of the molecule is CCCCCc1cc(OC(=O)NCC(=O)OCC)c2c(c1)OC(C)(C)c1ccc(C)cc1-2. The number of rotatable bonds is 8. The van der Waals surface area contributed by atoms with Gasteiger partial charge in [0, 0.05) is 5.56 Å². The minimum absolute atomic E-state index is 0.246. The average molecular weight is 440 g/mol. The molecule has 0 saturated carbocycles. The molecule has 6 heteroatoms. The fourth-order valence-corrected chi connectivity index (χ4v) is 4.01. The molecule has 0 bridgehead atoms. The van der Waals surface area contributed by atoms with Crippen LogP contribution in [0.25, 0.3) is 11.1 Å². The number of nitrogens with one attached hydrogen (secondary N) is 1. The minimum atomic E-state index is -0.704. The molecule has 1 aliphatic heterocycles. The van der Waals surface area contributed by atoms with Gasteiger partial charge in [-0.1, -0.05) is 43.5 Å². The topological polar surface area (TPSA) is 73.9 Å². The summed E-state index contributed by atoms with van der Waals surface area (Å²) in [6.07, 6.45) is 3.46. The fourth-order valence-electron chi connectivity index (χ4n) is 4.01. The Morgan fingerprint density at radius 2 is 1.88 bits per heavy atom. The van der Waals surface area contributed by atoms with Gasteiger partial charge in [-0.2, -0.15) is 0 Å². The standard InChI is InChI=1S/C26H33NO5/c1-6-8-9-10-18-14-21(31-25(29)27-16-23(28)30-7-2)24-19-13-17(3)11-12-20(19)26(4,5)32-22(24)15-18/h11-15H,6-10,16H2,1-5H3,(H,27,29). The van der Waals surface area contributed by atoms with Gasteiger partial charge in [-0.3, -0.25) is 4.79 Å². The molecule has 0 fully saturated rings. The van der Waals surface area contributed by atoms with Crippen molar-refractivity contribution in [3.8, 4) is 22.6 Å². The van der Waals surface area contributed by atoms with Crippen LogP contribution in [0.3, 0.4) is 0 Å². The predicted octanol–water partition coefficient (Wildman–Crippen LogP) is 5.67. The van der Waals surface area contributed by atoms with E-state index in [2.05, 4.69) is 36.5 Å². The molecule has 0 spiro atoms. The van der Waals surface area contributed by atoms with Gasteiger partial charge in [0.1, 0.15) is 23.6 Å². The van der Waals surface area contributed by atoms with Crippen LogP contribution in [0.2, 0.25) is 0 Å². The fraction of sp³-hybridized carbons (Fsp3) is 0.462. The first-order valence-electron chi connectivity index (χ1n) is 11.3. The Morgan fingerprint density at radius 1 is 1.09 bits per heavy atom. The number of amides is 1. The summed E-state index contributed by atoms with van der Waals surface area (Å²) in [6, 6.07) is 10.2. The summed E-state index contributed by atoms with van der Waals surface area (Å²) < 4.78 is 17.0. The molecule has 0 aromatic heterocycles. The van der Waals surface area contributed by atoms with E-state index in [0.717, 1.165) is 53.5 Å². The Labute approximate surface area is 190 Å². The zero-order chi connectivity index (χ0) is 23.3. The first kappa shape index (κ1) is 23.6. The van der Waals surface area contributed by atoms with E-state index in [4.69, 9.17) is 14.2 Å². The zero-order valence-corrected chi connectivity index (χ0v) is 19.7. The third-order valence-corrected chi connectivity index (χ3v) is 5.54. The van der Waals surface area contributed by atoms with Crippen LogP contribution in [-0.2, 0) is 21.6 Å². The molecule has 2 aromatic carbocycles. The van der Waals surface area contributed by atoms with E-state index >= 15 is 0 Å². The molecule has 0 radical (unpaired) electrons. The van der Waals surface area contributed by atoms with Crippen molar-refractivity contribution < 1.29 is 23.8 Å². The lowest BCUT2D eigenvalue weighted by Crippen LogP contribution is -2.33. The van der Waals surface area contributed by atoms with E-state index in [9.17, 15) is 9.59 Å². The Hall–Kier alpha value is -3.02. The Bertz CT molecular complexity index is 996. The van der Waals surface area contributed by atoms with Crippen LogP contribution < -0.4 is 14.8 Å². The predicted molar refractivity (Wildman–Crippen MR) is 124 cm³/mol. The van der Waals surface area contributed by atoms with Crippen molar-refractivity contribution in [2.24, 2.45) is 0 Å². The van der Waals surface area contributed by atoms with Gasteiger partial charge in [0.25, 0.3) is 0 Å². The normalized spacial score (nSPS) is 13.4. The number of benzene rings is 2. The molecule has 1 heterocycles. The maximum Gasteiger partial charge on any atom is 0.413 e. The number of carbonyl (C=O) groups is 2. The highest BCUT2D eigenvalue weighted by Gasteiger charge is 2.35. The van der Waals surface area contributed by atoms with E-state index in [1.807, 2.05) is 26.8 Å². The van der Waals surface area contributed by atoms with Crippen molar-refractivity contribution in [3.05, 3.63) is 47.0 Å². The van der Waals surface area contributed by atoms with Gasteiger partial charge in [0.15, 0.2) is 0 Å². The summed E-state index contributed by atoms with van der Waals surface area (Å²) in [5, 5.41) is 2.47. The molecule has 0 saturated heterocycles. The molecule has 0 atom stereocenters. The van der Waals surface area contributed by atoms with Crippen LogP contribution in [0.5, 0.6) is 11.5 Å². The minimum Gasteiger partial charge on any atom is -0.482 e. The second-order valence-corrected chi connectivity index (χ2v) is 8.63.